The van der Waals surface area contributed by atoms with Gasteiger partial charge in [0.2, 0.25) is 0 Å². The Morgan fingerprint density at radius 1 is 0.960 bits per heavy atom. The zero-order valence-corrected chi connectivity index (χ0v) is 16.9. The first-order chi connectivity index (χ1) is 11.9. The van der Waals surface area contributed by atoms with Crippen molar-refractivity contribution in [2.45, 2.75) is 91.4 Å². The first kappa shape index (κ1) is 17.9. The normalized spacial score (nSPS) is 52.0. The van der Waals surface area contributed by atoms with Gasteiger partial charge in [-0.05, 0) is 92.3 Å². The third-order valence-corrected chi connectivity index (χ3v) is 10.1. The highest BCUT2D eigenvalue weighted by molar-refractivity contribution is 5.78. The van der Waals surface area contributed by atoms with E-state index in [0.717, 1.165) is 36.5 Å². The molecule has 0 aromatic heterocycles. The van der Waals surface area contributed by atoms with E-state index in [1.165, 1.54) is 57.8 Å². The van der Waals surface area contributed by atoms with Crippen molar-refractivity contribution in [3.63, 3.8) is 0 Å². The lowest BCUT2D eigenvalue weighted by atomic mass is 9.43. The van der Waals surface area contributed by atoms with Crippen molar-refractivity contribution in [3.05, 3.63) is 0 Å². The Labute approximate surface area is 154 Å². The van der Waals surface area contributed by atoms with Crippen LogP contribution in [-0.4, -0.2) is 13.1 Å². The molecule has 0 bridgehead atoms. The molecule has 0 amide bonds. The van der Waals surface area contributed by atoms with E-state index in [1.54, 1.807) is 7.11 Å². The number of ether oxygens (including phenoxy) is 1. The van der Waals surface area contributed by atoms with Crippen LogP contribution in [-0.2, 0) is 9.53 Å². The number of esters is 1. The number of carbonyl (C=O) groups is 1. The number of hydrogen-bond acceptors (Lipinski definition) is 2. The van der Waals surface area contributed by atoms with Gasteiger partial charge < -0.3 is 4.74 Å². The first-order valence-electron chi connectivity index (χ1n) is 11.0. The topological polar surface area (TPSA) is 26.3 Å². The molecule has 2 heteroatoms. The fourth-order valence-electron chi connectivity index (χ4n) is 8.69. The summed E-state index contributed by atoms with van der Waals surface area (Å²) in [5, 5.41) is 0. The molecule has 0 spiro atoms. The van der Waals surface area contributed by atoms with Crippen molar-refractivity contribution < 1.29 is 9.53 Å². The van der Waals surface area contributed by atoms with Gasteiger partial charge in [-0.15, -0.1) is 0 Å². The third-order valence-electron chi connectivity index (χ3n) is 10.1. The lowest BCUT2D eigenvalue weighted by molar-refractivity contribution is -0.171. The maximum atomic E-state index is 12.9. The lowest BCUT2D eigenvalue weighted by Crippen LogP contribution is -2.55. The van der Waals surface area contributed by atoms with E-state index in [2.05, 4.69) is 20.8 Å². The van der Waals surface area contributed by atoms with E-state index < -0.39 is 0 Å². The first-order valence-corrected chi connectivity index (χ1v) is 11.0. The third kappa shape index (κ3) is 2.18. The summed E-state index contributed by atoms with van der Waals surface area (Å²) < 4.78 is 5.35. The van der Waals surface area contributed by atoms with Crippen molar-refractivity contribution in [1.29, 1.82) is 0 Å². The Kier molecular flexibility index (Phi) is 4.28. The SMILES string of the molecule is CC[C@@]1(C(=O)OC)CC[C@H]2[C@@H]3CC[C@H]4CCCC[C@]4(C)[C@H]3CC[C@@]21C. The van der Waals surface area contributed by atoms with Crippen LogP contribution < -0.4 is 0 Å². The van der Waals surface area contributed by atoms with Crippen LogP contribution in [0.15, 0.2) is 0 Å². The predicted molar refractivity (Wildman–Crippen MR) is 101 cm³/mol. The van der Waals surface area contributed by atoms with Gasteiger partial charge in [0.15, 0.2) is 0 Å². The van der Waals surface area contributed by atoms with Crippen LogP contribution in [0.25, 0.3) is 0 Å². The fraction of sp³-hybridized carbons (Fsp3) is 0.957. The quantitative estimate of drug-likeness (QED) is 0.574. The minimum absolute atomic E-state index is 0.0796. The summed E-state index contributed by atoms with van der Waals surface area (Å²) in [6, 6.07) is 0. The number of rotatable bonds is 2. The van der Waals surface area contributed by atoms with Gasteiger partial charge >= 0.3 is 5.97 Å². The maximum Gasteiger partial charge on any atom is 0.312 e. The molecule has 4 aliphatic carbocycles. The predicted octanol–water partition coefficient (Wildman–Crippen LogP) is 5.99. The number of carbonyl (C=O) groups excluding carboxylic acids is 1. The van der Waals surface area contributed by atoms with E-state index in [-0.39, 0.29) is 16.8 Å². The summed E-state index contributed by atoms with van der Waals surface area (Å²) in [6.45, 7) is 7.31. The Balaban J connectivity index is 1.67. The van der Waals surface area contributed by atoms with Crippen LogP contribution >= 0.6 is 0 Å². The van der Waals surface area contributed by atoms with E-state index in [1.807, 2.05) is 0 Å². The van der Waals surface area contributed by atoms with Crippen molar-refractivity contribution in [2.24, 2.45) is 39.9 Å². The van der Waals surface area contributed by atoms with Crippen molar-refractivity contribution in [3.8, 4) is 0 Å². The minimum Gasteiger partial charge on any atom is -0.469 e. The number of fused-ring (bicyclic) bond motifs is 5. The monoisotopic (exact) mass is 346 g/mol. The second kappa shape index (κ2) is 5.99. The second-order valence-corrected chi connectivity index (χ2v) is 10.3. The van der Waals surface area contributed by atoms with Gasteiger partial charge in [0.25, 0.3) is 0 Å². The highest BCUT2D eigenvalue weighted by Crippen LogP contribution is 2.71. The smallest absolute Gasteiger partial charge is 0.312 e. The molecular formula is C23H38O2. The van der Waals surface area contributed by atoms with E-state index in [4.69, 9.17) is 4.74 Å². The molecule has 0 N–H and O–H groups in total. The van der Waals surface area contributed by atoms with Gasteiger partial charge in [0.05, 0.1) is 12.5 Å². The molecular weight excluding hydrogens is 308 g/mol. The van der Waals surface area contributed by atoms with E-state index in [9.17, 15) is 4.79 Å². The van der Waals surface area contributed by atoms with Crippen LogP contribution in [0, 0.1) is 39.9 Å². The summed E-state index contributed by atoms with van der Waals surface area (Å²) in [4.78, 5) is 12.9. The molecule has 4 rings (SSSR count). The van der Waals surface area contributed by atoms with Crippen LogP contribution in [0.4, 0.5) is 0 Å². The molecule has 0 aromatic rings. The summed E-state index contributed by atoms with van der Waals surface area (Å²) in [7, 11) is 1.59. The average Bonchev–Trinajstić information content (AvgIpc) is 2.93. The molecule has 4 saturated carbocycles. The highest BCUT2D eigenvalue weighted by atomic mass is 16.5. The van der Waals surface area contributed by atoms with Crippen LogP contribution in [0.3, 0.4) is 0 Å². The second-order valence-electron chi connectivity index (χ2n) is 10.3. The van der Waals surface area contributed by atoms with Gasteiger partial charge in [-0.3, -0.25) is 4.79 Å². The summed E-state index contributed by atoms with van der Waals surface area (Å²) in [6.07, 6.45) is 14.5. The van der Waals surface area contributed by atoms with Crippen molar-refractivity contribution in [1.82, 2.24) is 0 Å². The highest BCUT2D eigenvalue weighted by Gasteiger charge is 2.66. The molecule has 7 atom stereocenters. The van der Waals surface area contributed by atoms with Crippen molar-refractivity contribution in [2.75, 3.05) is 7.11 Å². The molecule has 4 fully saturated rings. The maximum absolute atomic E-state index is 12.9. The molecule has 0 aliphatic heterocycles. The summed E-state index contributed by atoms with van der Waals surface area (Å²) in [5.74, 6) is 3.57. The van der Waals surface area contributed by atoms with Crippen LogP contribution in [0.2, 0.25) is 0 Å². The Hall–Kier alpha value is -0.530. The minimum atomic E-state index is -0.221. The molecule has 2 nitrogen and oxygen atoms in total. The van der Waals surface area contributed by atoms with Crippen LogP contribution in [0.1, 0.15) is 91.4 Å². The van der Waals surface area contributed by atoms with Gasteiger partial charge in [0.1, 0.15) is 0 Å². The zero-order chi connectivity index (χ0) is 17.9. The fourth-order valence-corrected chi connectivity index (χ4v) is 8.69. The standard InChI is InChI=1S/C23H38O2/c1-5-23(20(24)25-4)15-12-19-17-10-9-16-8-6-7-13-21(16,2)18(17)11-14-22(19,23)3/h16-19H,5-15H2,1-4H3/t16-,17-,18+,19+,21+,22+,23+/m1/s1. The number of methoxy groups -OCH3 is 1. The van der Waals surface area contributed by atoms with Gasteiger partial charge in [-0.2, -0.15) is 0 Å². The molecule has 25 heavy (non-hydrogen) atoms. The van der Waals surface area contributed by atoms with Crippen LogP contribution in [0.5, 0.6) is 0 Å². The summed E-state index contributed by atoms with van der Waals surface area (Å²) in [5.41, 5.74) is 0.529. The zero-order valence-electron chi connectivity index (χ0n) is 16.9. The number of hydrogen-bond donors (Lipinski definition) is 0. The Bertz CT molecular complexity index is 542. The Morgan fingerprint density at radius 2 is 1.72 bits per heavy atom. The molecule has 142 valence electrons. The average molecular weight is 347 g/mol. The van der Waals surface area contributed by atoms with E-state index in [0.29, 0.717) is 5.41 Å². The van der Waals surface area contributed by atoms with Gasteiger partial charge in [-0.1, -0.05) is 33.6 Å². The molecule has 0 aromatic carbocycles. The molecule has 0 heterocycles. The molecule has 0 saturated heterocycles. The largest absolute Gasteiger partial charge is 0.469 e. The van der Waals surface area contributed by atoms with E-state index >= 15 is 0 Å². The Morgan fingerprint density at radius 3 is 2.44 bits per heavy atom. The molecule has 0 unspecified atom stereocenters. The summed E-state index contributed by atoms with van der Waals surface area (Å²) >= 11 is 0. The van der Waals surface area contributed by atoms with Gasteiger partial charge in [-0.25, -0.2) is 0 Å². The molecule has 0 radical (unpaired) electrons. The molecule has 4 aliphatic rings. The van der Waals surface area contributed by atoms with Gasteiger partial charge in [0, 0.05) is 0 Å². The van der Waals surface area contributed by atoms with Crippen molar-refractivity contribution >= 4 is 5.97 Å². The lowest BCUT2D eigenvalue weighted by Gasteiger charge is -2.61.